The molecule has 3 rings (SSSR count). The SMILES string of the molecule is C#CCO[C@@]1(C)C[C@@H](C)C(=O)[C@@H](C)[C@H]2NC(=O)O[C@]2(C)[C@H](CC)OC(=O)[C@H](C)[C@@H](O)[C@H](C)[C@H]1O[C@@H]1O[C@H](C)C[C@H](N(C)C)[C@H]1OC(C)=O. The number of nitrogens with zero attached hydrogens (tertiary/aromatic N) is 1. The lowest BCUT2D eigenvalue weighted by Gasteiger charge is -2.48. The van der Waals surface area contributed by atoms with Crippen molar-refractivity contribution < 1.29 is 52.7 Å². The van der Waals surface area contributed by atoms with Gasteiger partial charge in [-0.3, -0.25) is 14.4 Å². The average Bonchev–Trinajstić information content (AvgIpc) is 3.33. The third kappa shape index (κ3) is 8.33. The zero-order chi connectivity index (χ0) is 36.3. The number of carbonyl (C=O) groups excluding carboxylic acids is 4. The number of ether oxygens (including phenoxy) is 6. The number of rotatable bonds is 7. The summed E-state index contributed by atoms with van der Waals surface area (Å²) in [7, 11) is 3.75. The van der Waals surface area contributed by atoms with Crippen LogP contribution in [0.1, 0.15) is 81.6 Å². The minimum atomic E-state index is -1.35. The van der Waals surface area contributed by atoms with Crippen LogP contribution in [-0.4, -0.2) is 115 Å². The molecule has 0 unspecified atom stereocenters. The van der Waals surface area contributed by atoms with Gasteiger partial charge in [-0.1, -0.05) is 33.6 Å². The highest BCUT2D eigenvalue weighted by atomic mass is 16.7. The Kier molecular flexibility index (Phi) is 13.1. The number of Topliss-reactive ketones (excluding diaryl/α,β-unsaturated/α-hetero) is 1. The Hall–Kier alpha value is -2.76. The second-order valence-corrected chi connectivity index (χ2v) is 14.5. The van der Waals surface area contributed by atoms with Crippen LogP contribution in [0.2, 0.25) is 0 Å². The molecular formula is C35H56N2O11. The fourth-order valence-electron chi connectivity index (χ4n) is 7.79. The molecule has 3 aliphatic rings. The average molecular weight is 681 g/mol. The van der Waals surface area contributed by atoms with E-state index in [-0.39, 0.29) is 37.4 Å². The minimum absolute atomic E-state index is 0.0888. The lowest BCUT2D eigenvalue weighted by molar-refractivity contribution is -0.304. The van der Waals surface area contributed by atoms with Gasteiger partial charge in [0.05, 0.1) is 41.9 Å². The van der Waals surface area contributed by atoms with E-state index in [1.54, 1.807) is 48.5 Å². The molecule has 13 nitrogen and oxygen atoms in total. The number of amides is 1. The van der Waals surface area contributed by atoms with Gasteiger partial charge in [0.2, 0.25) is 0 Å². The summed E-state index contributed by atoms with van der Waals surface area (Å²) < 4.78 is 36.8. The lowest BCUT2D eigenvalue weighted by atomic mass is 9.73. The van der Waals surface area contributed by atoms with Crippen molar-refractivity contribution in [1.29, 1.82) is 0 Å². The largest absolute Gasteiger partial charge is 0.458 e. The summed E-state index contributed by atoms with van der Waals surface area (Å²) in [6.07, 6.45) is 0.350. The molecule has 1 amide bonds. The lowest BCUT2D eigenvalue weighted by Crippen LogP contribution is -2.61. The van der Waals surface area contributed by atoms with E-state index in [9.17, 15) is 24.3 Å². The number of carbonyl (C=O) groups is 4. The van der Waals surface area contributed by atoms with Gasteiger partial charge >= 0.3 is 18.0 Å². The Morgan fingerprint density at radius 3 is 2.33 bits per heavy atom. The topological polar surface area (TPSA) is 159 Å². The van der Waals surface area contributed by atoms with Crippen molar-refractivity contribution in [3.63, 3.8) is 0 Å². The Labute approximate surface area is 285 Å². The maximum absolute atomic E-state index is 14.2. The smallest absolute Gasteiger partial charge is 0.408 e. The van der Waals surface area contributed by atoms with Crippen molar-refractivity contribution in [3.8, 4) is 12.3 Å². The van der Waals surface area contributed by atoms with Crippen molar-refractivity contribution in [1.82, 2.24) is 10.2 Å². The first-order valence-electron chi connectivity index (χ1n) is 16.9. The van der Waals surface area contributed by atoms with Crippen LogP contribution in [0.5, 0.6) is 0 Å². The molecule has 0 spiro atoms. The number of cyclic esters (lactones) is 1. The number of alkyl carbamates (subject to hydrolysis) is 1. The van der Waals surface area contributed by atoms with E-state index in [4.69, 9.17) is 34.8 Å². The number of terminal acetylenes is 1. The van der Waals surface area contributed by atoms with Gasteiger partial charge in [0.25, 0.3) is 0 Å². The standard InChI is InChI=1S/C35H56N2O11/c1-13-15-43-34(9)17-18(3)26(39)20(5)29-35(10,48-33(42)36-29)25(14-2)46-31(41)22(7)27(40)21(6)30(34)47-32-28(45-23(8)38)24(37(11)12)16-19(4)44-32/h1,18-22,24-25,27-30,32,40H,14-17H2,2-12H3,(H,36,42)/t18-,19-,20-,21+,22-,24+,25+,27+,28-,29-,30-,32+,34+,35-/m1/s1. The van der Waals surface area contributed by atoms with Gasteiger partial charge < -0.3 is 43.7 Å². The molecule has 3 saturated heterocycles. The number of likely N-dealkylation sites (N-methyl/N-ethyl adjacent to an activating group) is 1. The van der Waals surface area contributed by atoms with Gasteiger partial charge in [0.15, 0.2) is 18.0 Å². The molecule has 3 heterocycles. The zero-order valence-electron chi connectivity index (χ0n) is 30.3. The molecule has 272 valence electrons. The number of nitrogens with one attached hydrogen (secondary N) is 1. The Morgan fingerprint density at radius 1 is 1.12 bits per heavy atom. The van der Waals surface area contributed by atoms with Crippen LogP contribution in [0.15, 0.2) is 0 Å². The van der Waals surface area contributed by atoms with E-state index in [1.165, 1.54) is 6.92 Å². The summed E-state index contributed by atoms with van der Waals surface area (Å²) in [6, 6.07) is -1.08. The van der Waals surface area contributed by atoms with E-state index >= 15 is 0 Å². The van der Waals surface area contributed by atoms with E-state index in [0.717, 1.165) is 0 Å². The summed E-state index contributed by atoms with van der Waals surface area (Å²) in [5, 5.41) is 14.6. The van der Waals surface area contributed by atoms with Crippen molar-refractivity contribution in [3.05, 3.63) is 0 Å². The molecule has 3 fully saturated rings. The normalized spacial score (nSPS) is 42.9. The number of aliphatic hydroxyl groups excluding tert-OH is 1. The van der Waals surface area contributed by atoms with Gasteiger partial charge in [-0.2, -0.15) is 0 Å². The van der Waals surface area contributed by atoms with Crippen molar-refractivity contribution >= 4 is 23.8 Å². The molecule has 0 aliphatic carbocycles. The van der Waals surface area contributed by atoms with Gasteiger partial charge in [-0.05, 0) is 61.1 Å². The summed E-state index contributed by atoms with van der Waals surface area (Å²) in [5.74, 6) is -2.24. The first kappa shape index (κ1) is 39.7. The van der Waals surface area contributed by atoms with Crippen molar-refractivity contribution in [2.24, 2.45) is 23.7 Å². The maximum atomic E-state index is 14.2. The zero-order valence-corrected chi connectivity index (χ0v) is 30.3. The van der Waals surface area contributed by atoms with Crippen molar-refractivity contribution in [2.75, 3.05) is 20.7 Å². The fourth-order valence-corrected chi connectivity index (χ4v) is 7.79. The van der Waals surface area contributed by atoms with Gasteiger partial charge in [0, 0.05) is 24.7 Å². The van der Waals surface area contributed by atoms with Crippen LogP contribution in [0.3, 0.4) is 0 Å². The van der Waals surface area contributed by atoms with Crippen LogP contribution >= 0.6 is 0 Å². The fraction of sp³-hybridized carbons (Fsp3) is 0.829. The second-order valence-electron chi connectivity index (χ2n) is 14.5. The van der Waals surface area contributed by atoms with Crippen LogP contribution in [0.25, 0.3) is 0 Å². The Bertz CT molecular complexity index is 1220. The summed E-state index contributed by atoms with van der Waals surface area (Å²) in [5.41, 5.74) is -2.69. The molecule has 0 aromatic rings. The molecular weight excluding hydrogens is 624 g/mol. The van der Waals surface area contributed by atoms with Crippen molar-refractivity contribution in [2.45, 2.75) is 142 Å². The minimum Gasteiger partial charge on any atom is -0.458 e. The number of hydrogen-bond acceptors (Lipinski definition) is 12. The van der Waals surface area contributed by atoms with E-state index in [1.807, 2.05) is 25.9 Å². The number of hydrogen-bond donors (Lipinski definition) is 2. The highest BCUT2D eigenvalue weighted by molar-refractivity contribution is 5.85. The Balaban J connectivity index is 2.17. The Morgan fingerprint density at radius 2 is 1.77 bits per heavy atom. The van der Waals surface area contributed by atoms with Crippen LogP contribution in [-0.2, 0) is 42.8 Å². The summed E-state index contributed by atoms with van der Waals surface area (Å²) in [4.78, 5) is 54.7. The molecule has 0 saturated carbocycles. The summed E-state index contributed by atoms with van der Waals surface area (Å²) in [6.45, 7) is 15.0. The summed E-state index contributed by atoms with van der Waals surface area (Å²) >= 11 is 0. The number of esters is 2. The van der Waals surface area contributed by atoms with Crippen LogP contribution in [0.4, 0.5) is 4.79 Å². The van der Waals surface area contributed by atoms with Crippen LogP contribution < -0.4 is 5.32 Å². The molecule has 0 aromatic carbocycles. The van der Waals surface area contributed by atoms with Crippen LogP contribution in [0, 0.1) is 36.0 Å². The first-order valence-corrected chi connectivity index (χ1v) is 16.9. The monoisotopic (exact) mass is 680 g/mol. The van der Waals surface area contributed by atoms with Gasteiger partial charge in [-0.25, -0.2) is 4.79 Å². The molecule has 48 heavy (non-hydrogen) atoms. The molecule has 0 radical (unpaired) electrons. The molecule has 2 N–H and O–H groups in total. The second kappa shape index (κ2) is 15.9. The third-order valence-electron chi connectivity index (χ3n) is 10.4. The first-order chi connectivity index (χ1) is 22.3. The molecule has 14 atom stereocenters. The highest BCUT2D eigenvalue weighted by Gasteiger charge is 2.57. The predicted octanol–water partition coefficient (Wildman–Crippen LogP) is 2.84. The molecule has 0 aromatic heterocycles. The maximum Gasteiger partial charge on any atom is 0.408 e. The highest BCUT2D eigenvalue weighted by Crippen LogP contribution is 2.41. The number of fused-ring (bicyclic) bond motifs is 1. The third-order valence-corrected chi connectivity index (χ3v) is 10.4. The molecule has 0 bridgehead atoms. The van der Waals surface area contributed by atoms with E-state index in [2.05, 4.69) is 11.2 Å². The quantitative estimate of drug-likeness (QED) is 0.230. The molecule has 3 aliphatic heterocycles. The predicted molar refractivity (Wildman–Crippen MR) is 174 cm³/mol. The van der Waals surface area contributed by atoms with Gasteiger partial charge in [0.1, 0.15) is 18.5 Å². The van der Waals surface area contributed by atoms with E-state index < -0.39 is 89.7 Å². The molecule has 13 heteroatoms. The number of ketones is 1. The van der Waals surface area contributed by atoms with E-state index in [0.29, 0.717) is 6.42 Å². The number of aliphatic hydroxyl groups is 1. The van der Waals surface area contributed by atoms with Gasteiger partial charge in [-0.15, -0.1) is 6.42 Å².